The fourth-order valence-electron chi connectivity index (χ4n) is 2.66. The van der Waals surface area contributed by atoms with Gasteiger partial charge in [-0.3, -0.25) is 4.79 Å². The Morgan fingerprint density at radius 3 is 2.58 bits per heavy atom. The summed E-state index contributed by atoms with van der Waals surface area (Å²) >= 11 is 5.87. The number of hydrogen-bond donors (Lipinski definition) is 1. The Morgan fingerprint density at radius 1 is 1.35 bits per heavy atom. The molecule has 0 aromatic heterocycles. The number of nitrogens with one attached hydrogen (secondary N) is 1. The topological polar surface area (TPSA) is 66.5 Å². The fourth-order valence-corrected chi connectivity index (χ4v) is 4.69. The normalized spacial score (nSPS) is 19.6. The van der Waals surface area contributed by atoms with Gasteiger partial charge >= 0.3 is 6.18 Å². The Bertz CT molecular complexity index is 781. The number of nitrogens with zero attached hydrogens (tertiary/aromatic N) is 1. The minimum atomic E-state index is -4.68. The number of carbonyl (C=O) groups excluding carboxylic acids is 1. The molecule has 1 aromatic rings. The molecule has 1 N–H and O–H groups in total. The van der Waals surface area contributed by atoms with Crippen molar-refractivity contribution in [2.45, 2.75) is 43.8 Å². The summed E-state index contributed by atoms with van der Waals surface area (Å²) in [4.78, 5) is 11.2. The van der Waals surface area contributed by atoms with Gasteiger partial charge in [0, 0.05) is 25.0 Å². The lowest BCUT2D eigenvalue weighted by molar-refractivity contribution is -0.137. The van der Waals surface area contributed by atoms with Crippen LogP contribution in [0.4, 0.5) is 13.2 Å². The van der Waals surface area contributed by atoms with E-state index in [0.29, 0.717) is 18.9 Å². The molecule has 5 nitrogen and oxygen atoms in total. The molecule has 1 aliphatic heterocycles. The van der Waals surface area contributed by atoms with Gasteiger partial charge in [0.2, 0.25) is 15.9 Å². The van der Waals surface area contributed by atoms with E-state index in [2.05, 4.69) is 5.32 Å². The van der Waals surface area contributed by atoms with Gasteiger partial charge in [-0.2, -0.15) is 17.5 Å². The first kappa shape index (κ1) is 21.0. The maximum Gasteiger partial charge on any atom is 0.416 e. The van der Waals surface area contributed by atoms with Crippen LogP contribution in [0.1, 0.15) is 32.3 Å². The highest BCUT2D eigenvalue weighted by Crippen LogP contribution is 2.34. The zero-order chi connectivity index (χ0) is 19.7. The average Bonchev–Trinajstić information content (AvgIpc) is 2.54. The van der Waals surface area contributed by atoms with Crippen LogP contribution in [0, 0.1) is 5.92 Å². The summed E-state index contributed by atoms with van der Waals surface area (Å²) in [6.45, 7) is 3.58. The van der Waals surface area contributed by atoms with Gasteiger partial charge in [0.1, 0.15) is 4.90 Å². The molecular weight excluding hydrogens is 393 g/mol. The van der Waals surface area contributed by atoms with Crippen LogP contribution >= 0.6 is 11.6 Å². The molecule has 0 radical (unpaired) electrons. The number of halogens is 4. The molecule has 1 saturated heterocycles. The van der Waals surface area contributed by atoms with Crippen LogP contribution in [0.25, 0.3) is 0 Å². The summed E-state index contributed by atoms with van der Waals surface area (Å²) in [6.07, 6.45) is -3.59. The van der Waals surface area contributed by atoms with Crippen LogP contribution in [0.15, 0.2) is 23.1 Å². The van der Waals surface area contributed by atoms with Crippen LogP contribution in [0.5, 0.6) is 0 Å². The van der Waals surface area contributed by atoms with Gasteiger partial charge in [-0.05, 0) is 31.0 Å². The molecule has 0 bridgehead atoms. The Kier molecular flexibility index (Phi) is 6.24. The third kappa shape index (κ3) is 4.69. The fraction of sp³-hybridized carbons (Fsp3) is 0.562. The average molecular weight is 413 g/mol. The van der Waals surface area contributed by atoms with Gasteiger partial charge in [0.05, 0.1) is 10.6 Å². The number of hydrogen-bond acceptors (Lipinski definition) is 3. The first-order valence-corrected chi connectivity index (χ1v) is 9.92. The lowest BCUT2D eigenvalue weighted by atomic mass is 10.1. The molecule has 0 saturated carbocycles. The zero-order valence-corrected chi connectivity index (χ0v) is 15.9. The highest BCUT2D eigenvalue weighted by Gasteiger charge is 2.36. The first-order valence-electron chi connectivity index (χ1n) is 8.10. The van der Waals surface area contributed by atoms with Gasteiger partial charge < -0.3 is 5.32 Å². The SMILES string of the molecule is CC(C)C(=O)NC1CCCN(S(=O)(=O)c2cc(C(F)(F)F)ccc2Cl)C1. The summed E-state index contributed by atoms with van der Waals surface area (Å²) in [7, 11) is -4.21. The van der Waals surface area contributed by atoms with Crippen molar-refractivity contribution >= 4 is 27.5 Å². The molecule has 1 aliphatic rings. The van der Waals surface area contributed by atoms with Crippen molar-refractivity contribution in [2.75, 3.05) is 13.1 Å². The summed E-state index contributed by atoms with van der Waals surface area (Å²) < 4.78 is 65.4. The molecule has 0 spiro atoms. The molecule has 26 heavy (non-hydrogen) atoms. The quantitative estimate of drug-likeness (QED) is 0.825. The number of alkyl halides is 3. The van der Waals surface area contributed by atoms with Crippen LogP contribution in [0.2, 0.25) is 5.02 Å². The zero-order valence-electron chi connectivity index (χ0n) is 14.3. The molecule has 146 valence electrons. The van der Waals surface area contributed by atoms with E-state index in [4.69, 9.17) is 11.6 Å². The van der Waals surface area contributed by atoms with E-state index in [1.165, 1.54) is 0 Å². The number of amides is 1. The van der Waals surface area contributed by atoms with Gasteiger partial charge in [0.25, 0.3) is 0 Å². The molecule has 2 rings (SSSR count). The molecule has 1 unspecified atom stereocenters. The molecule has 1 amide bonds. The van der Waals surface area contributed by atoms with E-state index in [-0.39, 0.29) is 29.9 Å². The largest absolute Gasteiger partial charge is 0.416 e. The Balaban J connectivity index is 2.28. The highest BCUT2D eigenvalue weighted by molar-refractivity contribution is 7.89. The van der Waals surface area contributed by atoms with Crippen molar-refractivity contribution in [1.29, 1.82) is 0 Å². The molecular formula is C16H20ClF3N2O3S. The summed E-state index contributed by atoms with van der Waals surface area (Å²) in [6, 6.07) is 1.83. The standard InChI is InChI=1S/C16H20ClF3N2O3S/c1-10(2)15(23)21-12-4-3-7-22(9-12)26(24,25)14-8-11(16(18,19)20)5-6-13(14)17/h5-6,8,10,12H,3-4,7,9H2,1-2H3,(H,21,23). The van der Waals surface area contributed by atoms with E-state index in [9.17, 15) is 26.4 Å². The predicted molar refractivity (Wildman–Crippen MR) is 91.2 cm³/mol. The van der Waals surface area contributed by atoms with Crippen LogP contribution in [-0.2, 0) is 21.0 Å². The minimum Gasteiger partial charge on any atom is -0.352 e. The first-order chi connectivity index (χ1) is 11.9. The second-order valence-corrected chi connectivity index (χ2v) is 8.82. The maximum atomic E-state index is 12.9. The van der Waals surface area contributed by atoms with Crippen molar-refractivity contribution in [3.05, 3.63) is 28.8 Å². The van der Waals surface area contributed by atoms with E-state index in [1.54, 1.807) is 13.8 Å². The summed E-state index contributed by atoms with van der Waals surface area (Å²) in [5, 5.41) is 2.49. The minimum absolute atomic E-state index is 0.00658. The lowest BCUT2D eigenvalue weighted by Crippen LogP contribution is -2.50. The van der Waals surface area contributed by atoms with Gasteiger partial charge in [-0.25, -0.2) is 8.42 Å². The molecule has 0 aliphatic carbocycles. The second-order valence-electron chi connectivity index (χ2n) is 6.51. The molecule has 1 atom stereocenters. The smallest absolute Gasteiger partial charge is 0.352 e. The Labute approximate surface area is 155 Å². The molecule has 1 aromatic carbocycles. The van der Waals surface area contributed by atoms with Crippen LogP contribution in [0.3, 0.4) is 0 Å². The predicted octanol–water partition coefficient (Wildman–Crippen LogP) is 3.28. The Morgan fingerprint density at radius 2 is 2.00 bits per heavy atom. The van der Waals surface area contributed by atoms with Crippen molar-refractivity contribution < 1.29 is 26.4 Å². The molecule has 1 fully saturated rings. The number of sulfonamides is 1. The number of piperidine rings is 1. The van der Waals surface area contributed by atoms with Crippen molar-refractivity contribution in [3.63, 3.8) is 0 Å². The molecule has 10 heteroatoms. The third-order valence-corrected chi connectivity index (χ3v) is 6.48. The van der Waals surface area contributed by atoms with Crippen molar-refractivity contribution in [3.8, 4) is 0 Å². The van der Waals surface area contributed by atoms with Crippen molar-refractivity contribution in [2.24, 2.45) is 5.92 Å². The van der Waals surface area contributed by atoms with Gasteiger partial charge in [0.15, 0.2) is 0 Å². The number of rotatable bonds is 4. The van der Waals surface area contributed by atoms with Gasteiger partial charge in [-0.1, -0.05) is 25.4 Å². The van der Waals surface area contributed by atoms with E-state index < -0.39 is 32.7 Å². The molecule has 1 heterocycles. The Hall–Kier alpha value is -1.32. The van der Waals surface area contributed by atoms with Crippen molar-refractivity contribution in [1.82, 2.24) is 9.62 Å². The second kappa shape index (κ2) is 7.74. The summed E-state index contributed by atoms with van der Waals surface area (Å²) in [5.41, 5.74) is -1.08. The highest BCUT2D eigenvalue weighted by atomic mass is 35.5. The summed E-state index contributed by atoms with van der Waals surface area (Å²) in [5.74, 6) is -0.453. The van der Waals surface area contributed by atoms with Crippen LogP contribution < -0.4 is 5.32 Å². The van der Waals surface area contributed by atoms with Gasteiger partial charge in [-0.15, -0.1) is 0 Å². The third-order valence-electron chi connectivity index (χ3n) is 4.13. The number of benzene rings is 1. The van der Waals surface area contributed by atoms with E-state index >= 15 is 0 Å². The van der Waals surface area contributed by atoms with Crippen LogP contribution in [-0.4, -0.2) is 37.8 Å². The monoisotopic (exact) mass is 412 g/mol. The maximum absolute atomic E-state index is 12.9. The number of carbonyl (C=O) groups is 1. The lowest BCUT2D eigenvalue weighted by Gasteiger charge is -2.33. The van der Waals surface area contributed by atoms with E-state index in [1.807, 2.05) is 0 Å². The van der Waals surface area contributed by atoms with E-state index in [0.717, 1.165) is 16.4 Å².